The molecule has 1 saturated heterocycles. The Balaban J connectivity index is 1.66. The smallest absolute Gasteiger partial charge is 0.229 e. The van der Waals surface area contributed by atoms with E-state index in [9.17, 15) is 4.79 Å². The van der Waals surface area contributed by atoms with Crippen molar-refractivity contribution in [3.63, 3.8) is 0 Å². The quantitative estimate of drug-likeness (QED) is 0.943. The van der Waals surface area contributed by atoms with Gasteiger partial charge in [0.2, 0.25) is 5.91 Å². The minimum absolute atomic E-state index is 0.0366. The van der Waals surface area contributed by atoms with E-state index in [-0.39, 0.29) is 11.8 Å². The molecule has 0 unspecified atom stereocenters. The zero-order valence-electron chi connectivity index (χ0n) is 10.9. The van der Waals surface area contributed by atoms with Crippen molar-refractivity contribution in [2.45, 2.75) is 12.8 Å². The largest absolute Gasteiger partial charge is 0.381 e. The number of thiazole rings is 1. The summed E-state index contributed by atoms with van der Waals surface area (Å²) in [4.78, 5) is 20.6. The van der Waals surface area contributed by atoms with Crippen LogP contribution in [0.25, 0.3) is 11.3 Å². The molecular weight excluding hydrogens is 274 g/mol. The molecule has 20 heavy (non-hydrogen) atoms. The van der Waals surface area contributed by atoms with Crippen molar-refractivity contribution in [3.05, 3.63) is 29.9 Å². The van der Waals surface area contributed by atoms with Gasteiger partial charge in [0.1, 0.15) is 0 Å². The average Bonchev–Trinajstić information content (AvgIpc) is 2.97. The molecule has 0 atom stereocenters. The molecule has 0 saturated carbocycles. The third-order valence-corrected chi connectivity index (χ3v) is 4.04. The first-order chi connectivity index (χ1) is 9.83. The van der Waals surface area contributed by atoms with Gasteiger partial charge in [0.05, 0.1) is 5.69 Å². The Morgan fingerprint density at radius 3 is 3.00 bits per heavy atom. The van der Waals surface area contributed by atoms with Crippen LogP contribution in [0.15, 0.2) is 29.9 Å². The minimum Gasteiger partial charge on any atom is -0.381 e. The molecular formula is C14H15N3O2S. The number of ether oxygens (including phenoxy) is 1. The summed E-state index contributed by atoms with van der Waals surface area (Å²) in [6, 6.07) is 3.82. The highest BCUT2D eigenvalue weighted by Gasteiger charge is 2.22. The Morgan fingerprint density at radius 2 is 2.25 bits per heavy atom. The van der Waals surface area contributed by atoms with Crippen LogP contribution < -0.4 is 5.32 Å². The summed E-state index contributed by atoms with van der Waals surface area (Å²) in [5.41, 5.74) is 1.79. The first-order valence-electron chi connectivity index (χ1n) is 6.57. The van der Waals surface area contributed by atoms with Gasteiger partial charge >= 0.3 is 0 Å². The summed E-state index contributed by atoms with van der Waals surface area (Å²) < 4.78 is 5.26. The van der Waals surface area contributed by atoms with E-state index >= 15 is 0 Å². The normalized spacial score (nSPS) is 16.0. The first kappa shape index (κ1) is 13.2. The van der Waals surface area contributed by atoms with Crippen LogP contribution in [-0.4, -0.2) is 29.1 Å². The number of pyridine rings is 1. The molecule has 2 aromatic heterocycles. The number of aromatic nitrogens is 2. The molecule has 2 aromatic rings. The van der Waals surface area contributed by atoms with Crippen LogP contribution in [0.2, 0.25) is 0 Å². The molecule has 6 heteroatoms. The molecule has 5 nitrogen and oxygen atoms in total. The van der Waals surface area contributed by atoms with E-state index < -0.39 is 0 Å². The number of hydrogen-bond donors (Lipinski definition) is 1. The lowest BCUT2D eigenvalue weighted by Crippen LogP contribution is -2.28. The van der Waals surface area contributed by atoms with Crippen LogP contribution in [-0.2, 0) is 9.53 Å². The fraction of sp³-hybridized carbons (Fsp3) is 0.357. The third kappa shape index (κ3) is 3.02. The van der Waals surface area contributed by atoms with Gasteiger partial charge in [0, 0.05) is 42.5 Å². The van der Waals surface area contributed by atoms with E-state index in [0.29, 0.717) is 18.3 Å². The summed E-state index contributed by atoms with van der Waals surface area (Å²) in [7, 11) is 0. The second kappa shape index (κ2) is 6.11. The number of hydrogen-bond acceptors (Lipinski definition) is 5. The second-order valence-electron chi connectivity index (χ2n) is 4.66. The average molecular weight is 289 g/mol. The van der Waals surface area contributed by atoms with Crippen LogP contribution in [0.4, 0.5) is 5.13 Å². The Bertz CT molecular complexity index is 579. The summed E-state index contributed by atoms with van der Waals surface area (Å²) in [6.45, 7) is 1.33. The number of amides is 1. The van der Waals surface area contributed by atoms with E-state index in [1.165, 1.54) is 11.3 Å². The summed E-state index contributed by atoms with van der Waals surface area (Å²) >= 11 is 1.43. The number of carbonyl (C=O) groups is 1. The molecule has 3 rings (SSSR count). The Labute approximate surface area is 121 Å². The number of carbonyl (C=O) groups excluding carboxylic acids is 1. The zero-order valence-corrected chi connectivity index (χ0v) is 11.7. The Kier molecular flexibility index (Phi) is 4.03. The molecule has 1 N–H and O–H groups in total. The predicted molar refractivity (Wildman–Crippen MR) is 77.5 cm³/mol. The predicted octanol–water partition coefficient (Wildman–Crippen LogP) is 2.57. The zero-order chi connectivity index (χ0) is 13.8. The van der Waals surface area contributed by atoms with Gasteiger partial charge in [-0.25, -0.2) is 4.98 Å². The van der Waals surface area contributed by atoms with Crippen molar-refractivity contribution in [3.8, 4) is 11.3 Å². The number of nitrogens with one attached hydrogen (secondary N) is 1. The lowest BCUT2D eigenvalue weighted by molar-refractivity contribution is -0.122. The fourth-order valence-corrected chi connectivity index (χ4v) is 2.87. The monoisotopic (exact) mass is 289 g/mol. The second-order valence-corrected chi connectivity index (χ2v) is 5.51. The van der Waals surface area contributed by atoms with Gasteiger partial charge in [-0.2, -0.15) is 0 Å². The van der Waals surface area contributed by atoms with Gasteiger partial charge < -0.3 is 10.1 Å². The van der Waals surface area contributed by atoms with Crippen molar-refractivity contribution in [2.75, 3.05) is 18.5 Å². The van der Waals surface area contributed by atoms with Crippen molar-refractivity contribution >= 4 is 22.4 Å². The van der Waals surface area contributed by atoms with Crippen LogP contribution in [0.3, 0.4) is 0 Å². The topological polar surface area (TPSA) is 64.1 Å². The summed E-state index contributed by atoms with van der Waals surface area (Å²) in [6.07, 6.45) is 5.06. The first-order valence-corrected chi connectivity index (χ1v) is 7.45. The maximum Gasteiger partial charge on any atom is 0.229 e. The molecule has 0 aromatic carbocycles. The minimum atomic E-state index is 0.0366. The summed E-state index contributed by atoms with van der Waals surface area (Å²) in [5.74, 6) is 0.0786. The van der Waals surface area contributed by atoms with Crippen molar-refractivity contribution in [1.29, 1.82) is 0 Å². The van der Waals surface area contributed by atoms with Gasteiger partial charge in [-0.15, -0.1) is 11.3 Å². The molecule has 0 aliphatic carbocycles. The van der Waals surface area contributed by atoms with Crippen molar-refractivity contribution in [2.24, 2.45) is 5.92 Å². The van der Waals surface area contributed by atoms with Crippen LogP contribution in [0.1, 0.15) is 12.8 Å². The lowest BCUT2D eigenvalue weighted by Gasteiger charge is -2.20. The van der Waals surface area contributed by atoms with Gasteiger partial charge in [-0.3, -0.25) is 9.78 Å². The highest BCUT2D eigenvalue weighted by Crippen LogP contribution is 2.25. The van der Waals surface area contributed by atoms with Gasteiger partial charge in [-0.05, 0) is 25.0 Å². The molecule has 1 aliphatic heterocycles. The molecule has 1 aliphatic rings. The molecule has 0 spiro atoms. The van der Waals surface area contributed by atoms with E-state index in [1.54, 1.807) is 12.4 Å². The number of anilines is 1. The van der Waals surface area contributed by atoms with E-state index in [4.69, 9.17) is 4.74 Å². The molecule has 3 heterocycles. The van der Waals surface area contributed by atoms with Crippen molar-refractivity contribution < 1.29 is 9.53 Å². The summed E-state index contributed by atoms with van der Waals surface area (Å²) in [5, 5.41) is 5.46. The van der Waals surface area contributed by atoms with Gasteiger partial charge in [0.15, 0.2) is 5.13 Å². The molecule has 1 amide bonds. The van der Waals surface area contributed by atoms with E-state index in [1.807, 2.05) is 17.5 Å². The Morgan fingerprint density at radius 1 is 1.40 bits per heavy atom. The van der Waals surface area contributed by atoms with Crippen LogP contribution in [0.5, 0.6) is 0 Å². The fourth-order valence-electron chi connectivity index (χ4n) is 2.15. The van der Waals surface area contributed by atoms with E-state index in [0.717, 1.165) is 24.1 Å². The molecule has 0 bridgehead atoms. The highest BCUT2D eigenvalue weighted by atomic mass is 32.1. The third-order valence-electron chi connectivity index (χ3n) is 3.28. The van der Waals surface area contributed by atoms with Crippen molar-refractivity contribution in [1.82, 2.24) is 9.97 Å². The molecule has 104 valence electrons. The lowest BCUT2D eigenvalue weighted by atomic mass is 10.00. The molecule has 0 radical (unpaired) electrons. The number of rotatable bonds is 3. The maximum atomic E-state index is 12.1. The SMILES string of the molecule is O=C(Nc1nc(-c2cccnc2)cs1)C1CCOCC1. The van der Waals surface area contributed by atoms with Crippen LogP contribution >= 0.6 is 11.3 Å². The standard InChI is InChI=1S/C14H15N3O2S/c18-13(10-3-6-19-7-4-10)17-14-16-12(9-20-14)11-2-1-5-15-8-11/h1-2,5,8-10H,3-4,6-7H2,(H,16,17,18). The highest BCUT2D eigenvalue weighted by molar-refractivity contribution is 7.14. The number of nitrogens with zero attached hydrogens (tertiary/aromatic N) is 2. The Hall–Kier alpha value is -1.79. The maximum absolute atomic E-state index is 12.1. The van der Waals surface area contributed by atoms with Gasteiger partial charge in [0.25, 0.3) is 0 Å². The van der Waals surface area contributed by atoms with E-state index in [2.05, 4.69) is 15.3 Å². The molecule has 1 fully saturated rings. The van der Waals surface area contributed by atoms with Crippen LogP contribution in [0, 0.1) is 5.92 Å². The van der Waals surface area contributed by atoms with Gasteiger partial charge in [-0.1, -0.05) is 0 Å².